The van der Waals surface area contributed by atoms with Crippen LogP contribution in [-0.4, -0.2) is 46.0 Å². The second kappa shape index (κ2) is 6.96. The van der Waals surface area contributed by atoms with E-state index >= 15 is 0 Å². The molecule has 9 heteroatoms. The maximum atomic E-state index is 13.5. The lowest BCUT2D eigenvalue weighted by Gasteiger charge is -2.37. The molecule has 1 atom stereocenters. The van der Waals surface area contributed by atoms with Gasteiger partial charge in [0.15, 0.2) is 0 Å². The first-order valence-electron chi connectivity index (χ1n) is 9.70. The maximum Gasteiger partial charge on any atom is 0.352 e. The van der Waals surface area contributed by atoms with E-state index < -0.39 is 24.0 Å². The SMILES string of the molecule is [2H]C1([2H])C2CN(C(C)=O)CCN2c2cc(OCc3ccc(F)c(C#N)c3)nc(=O)n21. The molecule has 2 aliphatic heterocycles. The zero-order valence-electron chi connectivity index (χ0n) is 17.1. The minimum atomic E-state index is -2.04. The fraction of sp³-hybridized carbons (Fsp3) is 0.368. The number of nitriles is 1. The van der Waals surface area contributed by atoms with E-state index in [9.17, 15) is 14.0 Å². The molecule has 1 unspecified atom stereocenters. The number of carbonyl (C=O) groups excluding carboxylic acids is 1. The third-order valence-corrected chi connectivity index (χ3v) is 4.81. The van der Waals surface area contributed by atoms with Crippen molar-refractivity contribution < 1.29 is 16.7 Å². The fourth-order valence-electron chi connectivity index (χ4n) is 3.36. The van der Waals surface area contributed by atoms with E-state index in [1.807, 2.05) is 0 Å². The molecule has 4 rings (SSSR count). The van der Waals surface area contributed by atoms with Crippen LogP contribution in [0.2, 0.25) is 0 Å². The number of piperazine rings is 1. The number of carbonyl (C=O) groups is 1. The molecule has 0 radical (unpaired) electrons. The summed E-state index contributed by atoms with van der Waals surface area (Å²) in [7, 11) is 0. The predicted octanol–water partition coefficient (Wildman–Crippen LogP) is 0.884. The Hall–Kier alpha value is -3.41. The van der Waals surface area contributed by atoms with Crippen LogP contribution in [0.1, 0.15) is 20.8 Å². The number of aromatic nitrogens is 2. The van der Waals surface area contributed by atoms with Gasteiger partial charge in [-0.2, -0.15) is 10.2 Å². The van der Waals surface area contributed by atoms with Crippen molar-refractivity contribution in [3.8, 4) is 11.9 Å². The lowest BCUT2D eigenvalue weighted by molar-refractivity contribution is -0.129. The van der Waals surface area contributed by atoms with Gasteiger partial charge >= 0.3 is 5.69 Å². The lowest BCUT2D eigenvalue weighted by Crippen LogP contribution is -2.53. The van der Waals surface area contributed by atoms with Crippen LogP contribution in [0, 0.1) is 17.1 Å². The van der Waals surface area contributed by atoms with Crippen LogP contribution in [0.4, 0.5) is 10.2 Å². The van der Waals surface area contributed by atoms with Crippen molar-refractivity contribution in [3.63, 3.8) is 0 Å². The lowest BCUT2D eigenvalue weighted by atomic mass is 10.1. The largest absolute Gasteiger partial charge is 0.473 e. The average Bonchev–Trinajstić information content (AvgIpc) is 2.94. The second-order valence-electron chi connectivity index (χ2n) is 6.59. The van der Waals surface area contributed by atoms with Crippen LogP contribution in [0.15, 0.2) is 29.1 Å². The van der Waals surface area contributed by atoms with Gasteiger partial charge in [-0.1, -0.05) is 6.07 Å². The number of anilines is 1. The number of hydrogen-bond donors (Lipinski definition) is 0. The Kier molecular flexibility index (Phi) is 3.88. The molecular formula is C19H18FN5O3. The molecule has 1 aromatic heterocycles. The first kappa shape index (κ1) is 15.6. The molecule has 1 fully saturated rings. The molecule has 1 aromatic carbocycles. The van der Waals surface area contributed by atoms with Gasteiger partial charge in [0.05, 0.1) is 20.8 Å². The standard InChI is InChI=1S/C19H18FN5O3/c1-12(26)23-4-5-24-15(9-23)10-25-18(24)7-17(22-19(25)27)28-11-13-2-3-16(20)14(6-13)8-21/h2-3,6-7,15H,4-5,9-11H2,1H3/i10D2. The molecule has 0 spiro atoms. The van der Waals surface area contributed by atoms with Gasteiger partial charge in [0.25, 0.3) is 0 Å². The summed E-state index contributed by atoms with van der Waals surface area (Å²) < 4.78 is 36.9. The van der Waals surface area contributed by atoms with Gasteiger partial charge in [-0.05, 0) is 17.7 Å². The van der Waals surface area contributed by atoms with E-state index in [2.05, 4.69) is 4.98 Å². The molecule has 0 aliphatic carbocycles. The van der Waals surface area contributed by atoms with Crippen molar-refractivity contribution in [1.82, 2.24) is 14.5 Å². The molecule has 0 N–H and O–H groups in total. The Labute approximate surface area is 163 Å². The van der Waals surface area contributed by atoms with Crippen molar-refractivity contribution in [1.29, 1.82) is 5.26 Å². The molecule has 2 aliphatic rings. The van der Waals surface area contributed by atoms with Crippen LogP contribution < -0.4 is 15.3 Å². The highest BCUT2D eigenvalue weighted by Crippen LogP contribution is 2.29. The van der Waals surface area contributed by atoms with Crippen LogP contribution in [0.25, 0.3) is 0 Å². The van der Waals surface area contributed by atoms with E-state index in [1.54, 1.807) is 15.9 Å². The summed E-state index contributed by atoms with van der Waals surface area (Å²) in [5.74, 6) is -0.445. The molecule has 144 valence electrons. The topological polar surface area (TPSA) is 91.5 Å². The Morgan fingerprint density at radius 1 is 1.46 bits per heavy atom. The normalized spacial score (nSPS) is 20.5. The quantitative estimate of drug-likeness (QED) is 0.779. The van der Waals surface area contributed by atoms with E-state index in [-0.39, 0.29) is 30.5 Å². The molecule has 3 heterocycles. The molecule has 1 saturated heterocycles. The number of halogens is 1. The summed E-state index contributed by atoms with van der Waals surface area (Å²) in [4.78, 5) is 31.4. The molecule has 1 amide bonds. The molecule has 28 heavy (non-hydrogen) atoms. The first-order valence-corrected chi connectivity index (χ1v) is 8.70. The number of hydrogen-bond acceptors (Lipinski definition) is 6. The van der Waals surface area contributed by atoms with Gasteiger partial charge in [0, 0.05) is 32.6 Å². The predicted molar refractivity (Wildman–Crippen MR) is 97.3 cm³/mol. The number of ether oxygens (including phenoxy) is 1. The van der Waals surface area contributed by atoms with E-state index in [4.69, 9.17) is 12.7 Å². The molecule has 2 aromatic rings. The Morgan fingerprint density at radius 3 is 3.04 bits per heavy atom. The van der Waals surface area contributed by atoms with Gasteiger partial charge in [-0.25, -0.2) is 9.18 Å². The monoisotopic (exact) mass is 385 g/mol. The minimum Gasteiger partial charge on any atom is -0.473 e. The van der Waals surface area contributed by atoms with Crippen LogP contribution in [0.3, 0.4) is 0 Å². The number of fused-ring (bicyclic) bond motifs is 3. The summed E-state index contributed by atoms with van der Waals surface area (Å²) in [6, 6.07) is 6.50. The smallest absolute Gasteiger partial charge is 0.352 e. The Bertz CT molecular complexity index is 1130. The van der Waals surface area contributed by atoms with Gasteiger partial charge in [0.1, 0.15) is 24.3 Å². The third kappa shape index (κ3) is 3.17. The van der Waals surface area contributed by atoms with Gasteiger partial charge in [0.2, 0.25) is 11.8 Å². The van der Waals surface area contributed by atoms with Crippen LogP contribution >= 0.6 is 0 Å². The highest BCUT2D eigenvalue weighted by Gasteiger charge is 2.36. The average molecular weight is 385 g/mol. The summed E-state index contributed by atoms with van der Waals surface area (Å²) in [5, 5.41) is 8.93. The number of benzene rings is 1. The van der Waals surface area contributed by atoms with Crippen molar-refractivity contribution in [2.45, 2.75) is 26.1 Å². The highest BCUT2D eigenvalue weighted by atomic mass is 19.1. The summed E-state index contributed by atoms with van der Waals surface area (Å²) in [6.45, 7) is 0.299. The number of rotatable bonds is 3. The van der Waals surface area contributed by atoms with Crippen molar-refractivity contribution in [2.24, 2.45) is 0 Å². The number of nitrogens with zero attached hydrogens (tertiary/aromatic N) is 5. The molecular weight excluding hydrogens is 365 g/mol. The zero-order chi connectivity index (χ0) is 21.6. The third-order valence-electron chi connectivity index (χ3n) is 4.81. The van der Waals surface area contributed by atoms with E-state index in [0.717, 1.165) is 10.6 Å². The molecule has 8 nitrogen and oxygen atoms in total. The first-order chi connectivity index (χ1) is 14.2. The fourth-order valence-corrected chi connectivity index (χ4v) is 3.36. The van der Waals surface area contributed by atoms with Gasteiger partial charge in [-0.3, -0.25) is 9.36 Å². The summed E-state index contributed by atoms with van der Waals surface area (Å²) in [6.07, 6.45) is 0. The van der Waals surface area contributed by atoms with Crippen molar-refractivity contribution in [2.75, 3.05) is 24.5 Å². The van der Waals surface area contributed by atoms with Crippen molar-refractivity contribution in [3.05, 3.63) is 51.7 Å². The van der Waals surface area contributed by atoms with Crippen molar-refractivity contribution >= 4 is 11.7 Å². The van der Waals surface area contributed by atoms with E-state index in [0.29, 0.717) is 24.5 Å². The molecule has 0 saturated carbocycles. The van der Waals surface area contributed by atoms with Gasteiger partial charge in [-0.15, -0.1) is 0 Å². The zero-order valence-corrected chi connectivity index (χ0v) is 15.1. The molecule has 0 bridgehead atoms. The second-order valence-corrected chi connectivity index (χ2v) is 6.59. The minimum absolute atomic E-state index is 0.000435. The number of amides is 1. The van der Waals surface area contributed by atoms with Crippen LogP contribution in [0.5, 0.6) is 5.88 Å². The maximum absolute atomic E-state index is 13.5. The summed E-state index contributed by atoms with van der Waals surface area (Å²) >= 11 is 0. The van der Waals surface area contributed by atoms with E-state index in [1.165, 1.54) is 25.1 Å². The van der Waals surface area contributed by atoms with Gasteiger partial charge < -0.3 is 14.5 Å². The Morgan fingerprint density at radius 2 is 2.29 bits per heavy atom. The highest BCUT2D eigenvalue weighted by molar-refractivity contribution is 5.73. The summed E-state index contributed by atoms with van der Waals surface area (Å²) in [5.41, 5.74) is -0.385. The Balaban J connectivity index is 1.61. The van der Waals surface area contributed by atoms with Crippen LogP contribution in [-0.2, 0) is 17.9 Å².